The maximum Gasteiger partial charge on any atom is 0.326 e. The van der Waals surface area contributed by atoms with Gasteiger partial charge in [-0.25, -0.2) is 18.4 Å². The monoisotopic (exact) mass is 1120 g/mol. The average Bonchev–Trinajstić information content (AvgIpc) is 3.87. The van der Waals surface area contributed by atoms with Crippen LogP contribution in [0.5, 0.6) is 0 Å². The van der Waals surface area contributed by atoms with Crippen LogP contribution in [0, 0.1) is 28.4 Å². The van der Waals surface area contributed by atoms with Gasteiger partial charge >= 0.3 is 12.0 Å². The lowest BCUT2D eigenvalue weighted by Gasteiger charge is -2.41. The fourth-order valence-corrected chi connectivity index (χ4v) is 9.67. The van der Waals surface area contributed by atoms with E-state index in [4.69, 9.17) is 11.5 Å². The van der Waals surface area contributed by atoms with E-state index in [1.807, 2.05) is 55.7 Å². The molecule has 5 atom stereocenters. The molecule has 1 unspecified atom stereocenters. The summed E-state index contributed by atoms with van der Waals surface area (Å²) in [4.78, 5) is 119. The first kappa shape index (κ1) is 65.2. The summed E-state index contributed by atoms with van der Waals surface area (Å²) in [7, 11) is 0. The molecule has 11 N–H and O–H groups in total. The van der Waals surface area contributed by atoms with Crippen molar-refractivity contribution in [3.8, 4) is 11.1 Å². The van der Waals surface area contributed by atoms with E-state index >= 15 is 4.39 Å². The Hall–Kier alpha value is -7.27. The number of unbranched alkanes of at least 4 members (excludes halogenated alkanes) is 3. The number of carbonyl (C=O) groups excluding carboxylic acids is 8. The summed E-state index contributed by atoms with van der Waals surface area (Å²) in [6.07, 6.45) is 3.80. The smallest absolute Gasteiger partial charge is 0.326 e. The number of carbonyl (C=O) groups is 9. The normalized spacial score (nSPS) is 15.1. The van der Waals surface area contributed by atoms with Crippen molar-refractivity contribution in [1.82, 2.24) is 41.0 Å². The van der Waals surface area contributed by atoms with Gasteiger partial charge in [0.1, 0.15) is 36.4 Å². The third-order valence-corrected chi connectivity index (χ3v) is 14.0. The number of urea groups is 1. The van der Waals surface area contributed by atoms with Gasteiger partial charge in [0.15, 0.2) is 0 Å². The van der Waals surface area contributed by atoms with Gasteiger partial charge in [0.2, 0.25) is 41.4 Å². The van der Waals surface area contributed by atoms with Crippen LogP contribution in [0.15, 0.2) is 60.8 Å². The molecule has 440 valence electrons. The Labute approximate surface area is 466 Å². The highest BCUT2D eigenvalue weighted by Crippen LogP contribution is 2.41. The number of amides is 9. The average molecular weight is 1120 g/mol. The zero-order valence-electron chi connectivity index (χ0n) is 47.1. The molecule has 2 heterocycles. The summed E-state index contributed by atoms with van der Waals surface area (Å²) in [5.74, 6) is -6.71. The molecule has 1 saturated heterocycles. The number of nitrogens with zero attached hydrogens (tertiary/aromatic N) is 3. The molecule has 23 heteroatoms. The number of rotatable bonds is 32. The number of hydrogen-bond donors (Lipinski definition) is 9. The minimum atomic E-state index is -1.42. The second-order valence-corrected chi connectivity index (χ2v) is 22.5. The molecule has 1 aliphatic rings. The van der Waals surface area contributed by atoms with E-state index in [1.165, 1.54) is 9.80 Å². The molecule has 3 aromatic rings. The van der Waals surface area contributed by atoms with Crippen LogP contribution in [0.4, 0.5) is 13.6 Å². The number of imide groups is 1. The highest BCUT2D eigenvalue weighted by atomic mass is 19.1. The van der Waals surface area contributed by atoms with E-state index in [0.29, 0.717) is 37.1 Å². The van der Waals surface area contributed by atoms with Gasteiger partial charge in [0.05, 0.1) is 17.5 Å². The van der Waals surface area contributed by atoms with Crippen LogP contribution in [0.1, 0.15) is 136 Å². The van der Waals surface area contributed by atoms with Crippen molar-refractivity contribution >= 4 is 53.4 Å². The molecule has 0 bridgehead atoms. The van der Waals surface area contributed by atoms with Gasteiger partial charge < -0.3 is 57.7 Å². The van der Waals surface area contributed by atoms with E-state index in [-0.39, 0.29) is 94.9 Å². The van der Waals surface area contributed by atoms with Gasteiger partial charge in [-0.05, 0) is 92.5 Å². The third kappa shape index (κ3) is 19.5. The van der Waals surface area contributed by atoms with E-state index < -0.39 is 107 Å². The molecule has 21 nitrogen and oxygen atoms in total. The Bertz CT molecular complexity index is 2640. The minimum absolute atomic E-state index is 0.0194. The van der Waals surface area contributed by atoms with Gasteiger partial charge in [-0.15, -0.1) is 0 Å². The van der Waals surface area contributed by atoms with Gasteiger partial charge in [-0.1, -0.05) is 85.2 Å². The van der Waals surface area contributed by atoms with Gasteiger partial charge in [0, 0.05) is 68.6 Å². The molecule has 9 amide bonds. The molecule has 1 aliphatic heterocycles. The SMILES string of the molecule is CC(C)C(NC(=O)CCCCCN1C(=O)CC(C)(C)C1=O)C(=O)N[C@@H](CCCNC(N)=O)C(=O)N[C@@H](CCCCNC(=O)[C@@H](N)CCN(C(=O)CO)[C@@H](c1cc(-c2cc(F)ccc2F)cn1Cc1ccccc1)C(C)(C)C)C(=O)O. The van der Waals surface area contributed by atoms with Crippen molar-refractivity contribution in [1.29, 1.82) is 0 Å². The molecule has 0 aliphatic carbocycles. The fourth-order valence-electron chi connectivity index (χ4n) is 9.67. The number of primary amides is 1. The molecule has 0 spiro atoms. The Morgan fingerprint density at radius 3 is 2.08 bits per heavy atom. The van der Waals surface area contributed by atoms with Gasteiger partial charge in [-0.2, -0.15) is 0 Å². The highest BCUT2D eigenvalue weighted by molar-refractivity contribution is 6.05. The first-order valence-corrected chi connectivity index (χ1v) is 27.3. The molecular formula is C57H82F2N10O11. The van der Waals surface area contributed by atoms with Crippen LogP contribution >= 0.6 is 0 Å². The van der Waals surface area contributed by atoms with Crippen LogP contribution in [0.25, 0.3) is 11.1 Å². The Balaban J connectivity index is 1.34. The van der Waals surface area contributed by atoms with Crippen molar-refractivity contribution in [2.24, 2.45) is 28.2 Å². The number of carboxylic acid groups (broad SMARTS) is 1. The standard InChI is InChI=1S/C57H82F2N10O11/c1-35(2)48(66-45(71)21-12-9-15-27-69-46(72)31-57(6,7)54(69)79)52(76)64-42(20-16-26-63-55(61)80)51(75)65-43(53(77)78)19-13-14-25-62-50(74)41(60)24-28-68(47(73)34-70)49(56(3,4)5)44-29-37(39-30-38(58)22-23-40(39)59)33-67(44)32-36-17-10-8-11-18-36/h8,10-11,17-18,22-23,29-30,33,35,41-43,48-49,70H,9,12-16,19-21,24-28,31-32,34,60H2,1-7H3,(H,62,74)(H,64,76)(H,65,75)(H,66,71)(H,77,78)(H3,61,63,80)/t41-,42-,43-,48?,49-/m0/s1. The van der Waals surface area contributed by atoms with Crippen LogP contribution in [-0.2, 0) is 44.9 Å². The van der Waals surface area contributed by atoms with Crippen molar-refractivity contribution < 1.29 is 62.1 Å². The quantitative estimate of drug-likeness (QED) is 0.0311. The summed E-state index contributed by atoms with van der Waals surface area (Å²) in [6, 6.07) is 7.76. The molecule has 2 aromatic carbocycles. The zero-order chi connectivity index (χ0) is 59.5. The number of nitrogens with one attached hydrogen (secondary N) is 5. The van der Waals surface area contributed by atoms with Crippen LogP contribution < -0.4 is 38.1 Å². The second kappa shape index (κ2) is 30.4. The fraction of sp³-hybridized carbons (Fsp3) is 0.561. The van der Waals surface area contributed by atoms with E-state index in [9.17, 15) is 57.8 Å². The number of hydrogen-bond acceptors (Lipinski definition) is 11. The van der Waals surface area contributed by atoms with Crippen molar-refractivity contribution in [2.75, 3.05) is 32.8 Å². The zero-order valence-corrected chi connectivity index (χ0v) is 47.1. The van der Waals surface area contributed by atoms with E-state index in [2.05, 4.69) is 26.6 Å². The van der Waals surface area contributed by atoms with Crippen molar-refractivity contribution in [2.45, 2.75) is 156 Å². The van der Waals surface area contributed by atoms with Gasteiger partial charge in [-0.3, -0.25) is 38.5 Å². The van der Waals surface area contributed by atoms with Crippen LogP contribution in [0.3, 0.4) is 0 Å². The second-order valence-electron chi connectivity index (χ2n) is 22.5. The molecule has 4 rings (SSSR count). The number of aromatic nitrogens is 1. The molecule has 1 fully saturated rings. The minimum Gasteiger partial charge on any atom is -0.480 e. The lowest BCUT2D eigenvalue weighted by Crippen LogP contribution is -2.57. The number of likely N-dealkylation sites (tertiary alicyclic amines) is 1. The Kier molecular flexibility index (Phi) is 24.8. The lowest BCUT2D eigenvalue weighted by molar-refractivity contribution is -0.143. The van der Waals surface area contributed by atoms with Gasteiger partial charge in [0.25, 0.3) is 0 Å². The topological polar surface area (TPSA) is 318 Å². The van der Waals surface area contributed by atoms with Crippen LogP contribution in [0.2, 0.25) is 0 Å². The predicted octanol–water partition coefficient (Wildman–Crippen LogP) is 4.38. The first-order chi connectivity index (χ1) is 37.6. The number of carboxylic acids is 1. The largest absolute Gasteiger partial charge is 0.480 e. The third-order valence-electron chi connectivity index (χ3n) is 14.0. The number of benzene rings is 2. The highest BCUT2D eigenvalue weighted by Gasteiger charge is 2.44. The van der Waals surface area contributed by atoms with Crippen molar-refractivity contribution in [3.05, 3.63) is 83.7 Å². The number of nitrogens with two attached hydrogens (primary N) is 2. The summed E-state index contributed by atoms with van der Waals surface area (Å²) in [6.45, 7) is 12.2. The summed E-state index contributed by atoms with van der Waals surface area (Å²) in [5, 5.41) is 33.3. The van der Waals surface area contributed by atoms with E-state index in [1.54, 1.807) is 40.0 Å². The van der Waals surface area contributed by atoms with Crippen LogP contribution in [-0.4, -0.2) is 135 Å². The maximum atomic E-state index is 15.2. The Morgan fingerprint density at radius 2 is 1.46 bits per heavy atom. The number of aliphatic carboxylic acids is 1. The summed E-state index contributed by atoms with van der Waals surface area (Å²) < 4.78 is 31.5. The lowest BCUT2D eigenvalue weighted by atomic mass is 9.82. The first-order valence-electron chi connectivity index (χ1n) is 27.3. The molecule has 0 radical (unpaired) electrons. The number of halogens is 2. The number of aliphatic hydroxyl groups is 1. The molecule has 80 heavy (non-hydrogen) atoms. The molecule has 1 aromatic heterocycles. The van der Waals surface area contributed by atoms with E-state index in [0.717, 1.165) is 23.8 Å². The Morgan fingerprint density at radius 1 is 0.800 bits per heavy atom. The predicted molar refractivity (Wildman–Crippen MR) is 294 cm³/mol. The summed E-state index contributed by atoms with van der Waals surface area (Å²) in [5.41, 5.74) is 12.0. The number of aliphatic hydroxyl groups excluding tert-OH is 1. The molecular weight excluding hydrogens is 1040 g/mol. The molecule has 0 saturated carbocycles. The van der Waals surface area contributed by atoms with Crippen molar-refractivity contribution in [3.63, 3.8) is 0 Å². The summed E-state index contributed by atoms with van der Waals surface area (Å²) >= 11 is 0. The maximum absolute atomic E-state index is 15.2.